The third-order valence-electron chi connectivity index (χ3n) is 2.10. The van der Waals surface area contributed by atoms with Crippen LogP contribution in [0.5, 0.6) is 0 Å². The molecular formula is C6H9NO2. The van der Waals surface area contributed by atoms with Crippen LogP contribution in [0.15, 0.2) is 0 Å². The second-order valence-electron chi connectivity index (χ2n) is 2.67. The molecule has 0 radical (unpaired) electrons. The lowest BCUT2D eigenvalue weighted by Gasteiger charge is -2.08. The average molecular weight is 127 g/mol. The molecule has 3 nitrogen and oxygen atoms in total. The van der Waals surface area contributed by atoms with E-state index in [0.29, 0.717) is 5.92 Å². The molecule has 0 bridgehead atoms. The number of hydrogen-bond donors (Lipinski definition) is 1. The van der Waals surface area contributed by atoms with Gasteiger partial charge in [0.1, 0.15) is 6.23 Å². The molecule has 0 spiro atoms. The van der Waals surface area contributed by atoms with Crippen LogP contribution in [-0.2, 0) is 9.53 Å². The number of piperidine rings is 1. The van der Waals surface area contributed by atoms with Gasteiger partial charge in [0.2, 0.25) is 5.91 Å². The van der Waals surface area contributed by atoms with E-state index in [4.69, 9.17) is 4.74 Å². The zero-order valence-corrected chi connectivity index (χ0v) is 5.26. The molecule has 1 amide bonds. The van der Waals surface area contributed by atoms with Crippen molar-refractivity contribution in [3.8, 4) is 0 Å². The molecular weight excluding hydrogens is 118 g/mol. The first-order valence-corrected chi connectivity index (χ1v) is 3.16. The zero-order valence-electron chi connectivity index (χ0n) is 5.26. The highest BCUT2D eigenvalue weighted by molar-refractivity contribution is 5.84. The summed E-state index contributed by atoms with van der Waals surface area (Å²) in [5, 5.41) is 2.74. The van der Waals surface area contributed by atoms with E-state index in [1.54, 1.807) is 7.11 Å². The summed E-state index contributed by atoms with van der Waals surface area (Å²) >= 11 is 0. The lowest BCUT2D eigenvalue weighted by Crippen LogP contribution is -2.31. The Morgan fingerprint density at radius 3 is 2.78 bits per heavy atom. The second kappa shape index (κ2) is 1.48. The van der Waals surface area contributed by atoms with Crippen LogP contribution >= 0.6 is 0 Å². The number of nitrogens with one attached hydrogen (secondary N) is 1. The molecule has 1 saturated carbocycles. The van der Waals surface area contributed by atoms with E-state index in [0.717, 1.165) is 6.42 Å². The third kappa shape index (κ3) is 0.580. The molecule has 3 atom stereocenters. The Morgan fingerprint density at radius 2 is 2.56 bits per heavy atom. The summed E-state index contributed by atoms with van der Waals surface area (Å²) in [6.45, 7) is 0. The number of rotatable bonds is 1. The molecule has 1 saturated heterocycles. The molecule has 1 N–H and O–H groups in total. The Hall–Kier alpha value is -0.570. The number of hydrogen-bond acceptors (Lipinski definition) is 2. The number of fused-ring (bicyclic) bond motifs is 1. The van der Waals surface area contributed by atoms with E-state index in [1.165, 1.54) is 0 Å². The fourth-order valence-corrected chi connectivity index (χ4v) is 1.44. The van der Waals surface area contributed by atoms with Crippen molar-refractivity contribution in [2.45, 2.75) is 12.6 Å². The minimum Gasteiger partial charge on any atom is -0.361 e. The SMILES string of the molecule is CO[C@@H]1NC(=O)[C@H]2C[C@H]21. The van der Waals surface area contributed by atoms with E-state index in [2.05, 4.69) is 5.32 Å². The first-order chi connectivity index (χ1) is 4.33. The fourth-order valence-electron chi connectivity index (χ4n) is 1.44. The van der Waals surface area contributed by atoms with Crippen molar-refractivity contribution in [1.29, 1.82) is 0 Å². The Bertz CT molecular complexity index is 157. The van der Waals surface area contributed by atoms with E-state index in [-0.39, 0.29) is 18.1 Å². The summed E-state index contributed by atoms with van der Waals surface area (Å²) in [7, 11) is 1.63. The van der Waals surface area contributed by atoms with Crippen molar-refractivity contribution >= 4 is 5.91 Å². The summed E-state index contributed by atoms with van der Waals surface area (Å²) in [5.74, 6) is 0.948. The first kappa shape index (κ1) is 5.23. The van der Waals surface area contributed by atoms with Crippen molar-refractivity contribution in [3.05, 3.63) is 0 Å². The molecule has 3 heteroatoms. The first-order valence-electron chi connectivity index (χ1n) is 3.16. The molecule has 0 aromatic heterocycles. The van der Waals surface area contributed by atoms with Crippen molar-refractivity contribution in [2.75, 3.05) is 7.11 Å². The van der Waals surface area contributed by atoms with Crippen LogP contribution in [0.2, 0.25) is 0 Å². The Labute approximate surface area is 53.4 Å². The molecule has 0 unspecified atom stereocenters. The van der Waals surface area contributed by atoms with Gasteiger partial charge in [-0.15, -0.1) is 0 Å². The van der Waals surface area contributed by atoms with Gasteiger partial charge in [-0.05, 0) is 6.42 Å². The predicted molar refractivity (Wildman–Crippen MR) is 30.5 cm³/mol. The lowest BCUT2D eigenvalue weighted by atomic mass is 10.3. The topological polar surface area (TPSA) is 38.3 Å². The molecule has 50 valence electrons. The Kier molecular flexibility index (Phi) is 0.858. The number of carbonyl (C=O) groups excluding carboxylic acids is 1. The van der Waals surface area contributed by atoms with E-state index in [9.17, 15) is 4.79 Å². The van der Waals surface area contributed by atoms with E-state index < -0.39 is 0 Å². The number of ether oxygens (including phenoxy) is 1. The molecule has 1 aliphatic carbocycles. The monoisotopic (exact) mass is 127 g/mol. The van der Waals surface area contributed by atoms with Crippen LogP contribution in [0.25, 0.3) is 0 Å². The zero-order chi connectivity index (χ0) is 6.43. The van der Waals surface area contributed by atoms with Gasteiger partial charge in [0, 0.05) is 18.9 Å². The van der Waals surface area contributed by atoms with Crippen molar-refractivity contribution in [3.63, 3.8) is 0 Å². The second-order valence-corrected chi connectivity index (χ2v) is 2.67. The largest absolute Gasteiger partial charge is 0.361 e. The smallest absolute Gasteiger partial charge is 0.225 e. The van der Waals surface area contributed by atoms with Gasteiger partial charge in [-0.2, -0.15) is 0 Å². The fraction of sp³-hybridized carbons (Fsp3) is 0.833. The Morgan fingerprint density at radius 1 is 1.78 bits per heavy atom. The van der Waals surface area contributed by atoms with Crippen molar-refractivity contribution in [2.24, 2.45) is 11.8 Å². The van der Waals surface area contributed by atoms with E-state index >= 15 is 0 Å². The van der Waals surface area contributed by atoms with E-state index in [1.807, 2.05) is 0 Å². The van der Waals surface area contributed by atoms with Gasteiger partial charge in [0.05, 0.1) is 0 Å². The summed E-state index contributed by atoms with van der Waals surface area (Å²) in [4.78, 5) is 10.8. The molecule has 1 aliphatic heterocycles. The molecule has 2 fully saturated rings. The van der Waals surface area contributed by atoms with Gasteiger partial charge in [0.25, 0.3) is 0 Å². The van der Waals surface area contributed by atoms with Crippen molar-refractivity contribution < 1.29 is 9.53 Å². The van der Waals surface area contributed by atoms with Crippen LogP contribution in [0.1, 0.15) is 6.42 Å². The van der Waals surface area contributed by atoms with Gasteiger partial charge in [-0.25, -0.2) is 0 Å². The average Bonchev–Trinajstić information content (AvgIpc) is 2.56. The summed E-state index contributed by atoms with van der Waals surface area (Å²) in [5.41, 5.74) is 0. The van der Waals surface area contributed by atoms with Crippen LogP contribution in [0.4, 0.5) is 0 Å². The maximum atomic E-state index is 10.8. The standard InChI is InChI=1S/C6H9NO2/c1-9-6-4-2-3(4)5(8)7-6/h3-4,6H,2H2,1H3,(H,7,8)/t3-,4+,6-/m0/s1. The van der Waals surface area contributed by atoms with Crippen LogP contribution in [-0.4, -0.2) is 19.2 Å². The minimum atomic E-state index is 0.0162. The van der Waals surface area contributed by atoms with Crippen LogP contribution < -0.4 is 5.32 Å². The van der Waals surface area contributed by atoms with Gasteiger partial charge < -0.3 is 10.1 Å². The van der Waals surface area contributed by atoms with Crippen molar-refractivity contribution in [1.82, 2.24) is 5.32 Å². The summed E-state index contributed by atoms with van der Waals surface area (Å²) in [6.07, 6.45) is 1.05. The highest BCUT2D eigenvalue weighted by atomic mass is 16.5. The van der Waals surface area contributed by atoms with Gasteiger partial charge >= 0.3 is 0 Å². The summed E-state index contributed by atoms with van der Waals surface area (Å²) < 4.78 is 5.00. The third-order valence-corrected chi connectivity index (χ3v) is 2.10. The molecule has 1 heterocycles. The molecule has 0 aromatic rings. The van der Waals surface area contributed by atoms with Gasteiger partial charge in [0.15, 0.2) is 0 Å². The number of carbonyl (C=O) groups is 1. The number of methoxy groups -OCH3 is 1. The molecule has 2 rings (SSSR count). The van der Waals surface area contributed by atoms with Gasteiger partial charge in [-0.1, -0.05) is 0 Å². The minimum absolute atomic E-state index is 0.0162. The number of amides is 1. The molecule has 9 heavy (non-hydrogen) atoms. The molecule has 2 aliphatic rings. The highest BCUT2D eigenvalue weighted by Gasteiger charge is 2.54. The Balaban J connectivity index is 2.08. The van der Waals surface area contributed by atoms with Crippen LogP contribution in [0, 0.1) is 11.8 Å². The maximum absolute atomic E-state index is 10.8. The quantitative estimate of drug-likeness (QED) is 0.526. The molecule has 0 aromatic carbocycles. The predicted octanol–water partition coefficient (Wildman–Crippen LogP) is -0.275. The normalized spacial score (nSPS) is 46.3. The lowest BCUT2D eigenvalue weighted by molar-refractivity contribution is -0.122. The maximum Gasteiger partial charge on any atom is 0.225 e. The van der Waals surface area contributed by atoms with Crippen LogP contribution in [0.3, 0.4) is 0 Å². The summed E-state index contributed by atoms with van der Waals surface area (Å²) in [6, 6.07) is 0. The highest BCUT2D eigenvalue weighted by Crippen LogP contribution is 2.45. The van der Waals surface area contributed by atoms with Gasteiger partial charge in [-0.3, -0.25) is 4.79 Å².